The fraction of sp³-hybridized carbons (Fsp3) is 0.312. The SMILES string of the molecule is COc1ccc(CC(CN)Cc2ccc(Br)cn2)cc1. The monoisotopic (exact) mass is 334 g/mol. The van der Waals surface area contributed by atoms with Crippen LogP contribution in [0.3, 0.4) is 0 Å². The van der Waals surface area contributed by atoms with Gasteiger partial charge in [0.05, 0.1) is 7.11 Å². The summed E-state index contributed by atoms with van der Waals surface area (Å²) in [5, 5.41) is 0. The molecule has 0 aliphatic carbocycles. The molecular formula is C16H19BrN2O. The minimum Gasteiger partial charge on any atom is -0.497 e. The van der Waals surface area contributed by atoms with Gasteiger partial charge in [-0.1, -0.05) is 12.1 Å². The van der Waals surface area contributed by atoms with Gasteiger partial charge in [-0.25, -0.2) is 0 Å². The highest BCUT2D eigenvalue weighted by molar-refractivity contribution is 9.10. The van der Waals surface area contributed by atoms with E-state index in [9.17, 15) is 0 Å². The maximum Gasteiger partial charge on any atom is 0.118 e. The average Bonchev–Trinajstić information content (AvgIpc) is 2.49. The number of hydrogen-bond donors (Lipinski definition) is 1. The van der Waals surface area contributed by atoms with Crippen LogP contribution in [0, 0.1) is 5.92 Å². The van der Waals surface area contributed by atoms with Crippen LogP contribution in [0.4, 0.5) is 0 Å². The van der Waals surface area contributed by atoms with E-state index in [1.54, 1.807) is 7.11 Å². The lowest BCUT2D eigenvalue weighted by Gasteiger charge is -2.14. The normalized spacial score (nSPS) is 12.2. The van der Waals surface area contributed by atoms with Crippen molar-refractivity contribution in [2.45, 2.75) is 12.8 Å². The average molecular weight is 335 g/mol. The quantitative estimate of drug-likeness (QED) is 0.882. The van der Waals surface area contributed by atoms with Gasteiger partial charge in [0, 0.05) is 16.4 Å². The Kier molecular flexibility index (Phi) is 5.56. The summed E-state index contributed by atoms with van der Waals surface area (Å²) >= 11 is 3.40. The zero-order valence-corrected chi connectivity index (χ0v) is 13.1. The zero-order chi connectivity index (χ0) is 14.4. The van der Waals surface area contributed by atoms with Gasteiger partial charge in [0.2, 0.25) is 0 Å². The number of methoxy groups -OCH3 is 1. The molecule has 0 amide bonds. The van der Waals surface area contributed by atoms with Crippen molar-refractivity contribution in [3.05, 3.63) is 58.3 Å². The van der Waals surface area contributed by atoms with Crippen LogP contribution in [0.1, 0.15) is 11.3 Å². The Labute approximate surface area is 128 Å². The van der Waals surface area contributed by atoms with Gasteiger partial charge in [-0.3, -0.25) is 4.98 Å². The van der Waals surface area contributed by atoms with Gasteiger partial charge < -0.3 is 10.5 Å². The van der Waals surface area contributed by atoms with E-state index in [4.69, 9.17) is 10.5 Å². The zero-order valence-electron chi connectivity index (χ0n) is 11.6. The van der Waals surface area contributed by atoms with Crippen molar-refractivity contribution in [3.8, 4) is 5.75 Å². The first-order valence-electron chi connectivity index (χ1n) is 6.64. The lowest BCUT2D eigenvalue weighted by Crippen LogP contribution is -2.19. The number of halogens is 1. The summed E-state index contributed by atoms with van der Waals surface area (Å²) in [6, 6.07) is 12.2. The molecular weight excluding hydrogens is 316 g/mol. The van der Waals surface area contributed by atoms with Crippen LogP contribution >= 0.6 is 15.9 Å². The number of ether oxygens (including phenoxy) is 1. The van der Waals surface area contributed by atoms with Crippen molar-refractivity contribution in [3.63, 3.8) is 0 Å². The summed E-state index contributed by atoms with van der Waals surface area (Å²) in [7, 11) is 1.68. The Morgan fingerprint density at radius 1 is 1.15 bits per heavy atom. The third-order valence-electron chi connectivity index (χ3n) is 3.30. The van der Waals surface area contributed by atoms with E-state index < -0.39 is 0 Å². The summed E-state index contributed by atoms with van der Waals surface area (Å²) in [5.41, 5.74) is 8.25. The molecule has 1 atom stereocenters. The number of hydrogen-bond acceptors (Lipinski definition) is 3. The second-order valence-electron chi connectivity index (χ2n) is 4.83. The number of nitrogens with two attached hydrogens (primary N) is 1. The molecule has 4 heteroatoms. The maximum absolute atomic E-state index is 5.89. The summed E-state index contributed by atoms with van der Waals surface area (Å²) in [4.78, 5) is 4.41. The Morgan fingerprint density at radius 3 is 2.45 bits per heavy atom. The molecule has 1 aromatic carbocycles. The van der Waals surface area contributed by atoms with Crippen LogP contribution in [0.5, 0.6) is 5.75 Å². The third kappa shape index (κ3) is 4.32. The molecule has 0 aliphatic rings. The highest BCUT2D eigenvalue weighted by atomic mass is 79.9. The number of aromatic nitrogens is 1. The molecule has 0 fully saturated rings. The molecule has 0 radical (unpaired) electrons. The summed E-state index contributed by atoms with van der Waals surface area (Å²) in [6.45, 7) is 0.657. The molecule has 0 aliphatic heterocycles. The van der Waals surface area contributed by atoms with Gasteiger partial charge >= 0.3 is 0 Å². The molecule has 106 valence electrons. The minimum atomic E-state index is 0.400. The van der Waals surface area contributed by atoms with Crippen molar-refractivity contribution in [1.82, 2.24) is 4.98 Å². The van der Waals surface area contributed by atoms with Gasteiger partial charge in [-0.2, -0.15) is 0 Å². The van der Waals surface area contributed by atoms with Crippen LogP contribution < -0.4 is 10.5 Å². The van der Waals surface area contributed by atoms with E-state index in [0.29, 0.717) is 12.5 Å². The standard InChI is InChI=1S/C16H19BrN2O/c1-20-16-6-2-12(3-7-16)8-13(10-18)9-15-5-4-14(17)11-19-15/h2-7,11,13H,8-10,18H2,1H3. The summed E-state index contributed by atoms with van der Waals surface area (Å²) < 4.78 is 6.17. The van der Waals surface area contributed by atoms with E-state index in [1.165, 1.54) is 5.56 Å². The third-order valence-corrected chi connectivity index (χ3v) is 3.77. The van der Waals surface area contributed by atoms with Crippen molar-refractivity contribution < 1.29 is 4.74 Å². The number of nitrogens with zero attached hydrogens (tertiary/aromatic N) is 1. The van der Waals surface area contributed by atoms with Gasteiger partial charge in [-0.05, 0) is 71.1 Å². The highest BCUT2D eigenvalue weighted by Crippen LogP contribution is 2.17. The fourth-order valence-corrected chi connectivity index (χ4v) is 2.39. The van der Waals surface area contributed by atoms with Crippen molar-refractivity contribution >= 4 is 15.9 Å². The Morgan fingerprint density at radius 2 is 1.90 bits per heavy atom. The topological polar surface area (TPSA) is 48.1 Å². The molecule has 2 rings (SSSR count). The molecule has 0 spiro atoms. The van der Waals surface area contributed by atoms with Crippen molar-refractivity contribution in [2.75, 3.05) is 13.7 Å². The first-order chi connectivity index (χ1) is 9.71. The predicted octanol–water partition coefficient (Wildman–Crippen LogP) is 3.21. The first-order valence-corrected chi connectivity index (χ1v) is 7.44. The van der Waals surface area contributed by atoms with Crippen molar-refractivity contribution in [2.24, 2.45) is 11.7 Å². The Balaban J connectivity index is 1.99. The van der Waals surface area contributed by atoms with Crippen LogP contribution in [0.2, 0.25) is 0 Å². The van der Waals surface area contributed by atoms with Crippen LogP contribution in [0.15, 0.2) is 47.1 Å². The fourth-order valence-electron chi connectivity index (χ4n) is 2.16. The van der Waals surface area contributed by atoms with Crippen molar-refractivity contribution in [1.29, 1.82) is 0 Å². The molecule has 2 aromatic rings. The number of benzene rings is 1. The second kappa shape index (κ2) is 7.41. The minimum absolute atomic E-state index is 0.400. The van der Waals surface area contributed by atoms with E-state index in [0.717, 1.165) is 28.8 Å². The van der Waals surface area contributed by atoms with E-state index in [2.05, 4.69) is 33.0 Å². The molecule has 1 aromatic heterocycles. The van der Waals surface area contributed by atoms with E-state index >= 15 is 0 Å². The van der Waals surface area contributed by atoms with Gasteiger partial charge in [0.1, 0.15) is 5.75 Å². The molecule has 0 saturated carbocycles. The maximum atomic E-state index is 5.89. The molecule has 2 N–H and O–H groups in total. The first kappa shape index (κ1) is 15.0. The molecule has 3 nitrogen and oxygen atoms in total. The van der Waals surface area contributed by atoms with Gasteiger partial charge in [-0.15, -0.1) is 0 Å². The number of pyridine rings is 1. The van der Waals surface area contributed by atoms with Crippen LogP contribution in [-0.4, -0.2) is 18.6 Å². The lowest BCUT2D eigenvalue weighted by atomic mass is 9.94. The smallest absolute Gasteiger partial charge is 0.118 e. The number of rotatable bonds is 6. The lowest BCUT2D eigenvalue weighted by molar-refractivity contribution is 0.414. The molecule has 0 saturated heterocycles. The Bertz CT molecular complexity index is 525. The summed E-state index contributed by atoms with van der Waals surface area (Å²) in [6.07, 6.45) is 3.68. The van der Waals surface area contributed by atoms with E-state index in [1.807, 2.05) is 30.5 Å². The largest absolute Gasteiger partial charge is 0.497 e. The molecule has 0 bridgehead atoms. The van der Waals surface area contributed by atoms with Gasteiger partial charge in [0.25, 0.3) is 0 Å². The highest BCUT2D eigenvalue weighted by Gasteiger charge is 2.10. The Hall–Kier alpha value is -1.39. The van der Waals surface area contributed by atoms with Crippen LogP contribution in [-0.2, 0) is 12.8 Å². The molecule has 1 heterocycles. The van der Waals surface area contributed by atoms with Gasteiger partial charge in [0.15, 0.2) is 0 Å². The predicted molar refractivity (Wildman–Crippen MR) is 84.9 cm³/mol. The summed E-state index contributed by atoms with van der Waals surface area (Å²) in [5.74, 6) is 1.28. The van der Waals surface area contributed by atoms with E-state index in [-0.39, 0.29) is 0 Å². The second-order valence-corrected chi connectivity index (χ2v) is 5.74. The van der Waals surface area contributed by atoms with Crippen LogP contribution in [0.25, 0.3) is 0 Å². The molecule has 1 unspecified atom stereocenters. The molecule has 20 heavy (non-hydrogen) atoms.